The number of nitrogens with zero attached hydrogens (tertiary/aromatic N) is 3. The molecule has 1 N–H and O–H groups in total. The number of amides is 1. The van der Waals surface area contributed by atoms with Crippen molar-refractivity contribution in [2.45, 2.75) is 6.04 Å². The lowest BCUT2D eigenvalue weighted by Gasteiger charge is -2.17. The molecular weight excluding hydrogens is 364 g/mol. The zero-order valence-electron chi connectivity index (χ0n) is 11.5. The molecule has 0 radical (unpaired) electrons. The van der Waals surface area contributed by atoms with Crippen LogP contribution in [-0.2, 0) is 0 Å². The third kappa shape index (κ3) is 3.42. The lowest BCUT2D eigenvalue weighted by molar-refractivity contribution is 0.0949. The Bertz CT molecular complexity index is 709. The average Bonchev–Trinajstić information content (AvgIpc) is 3.21. The van der Waals surface area contributed by atoms with Crippen LogP contribution in [0.25, 0.3) is 0 Å². The molecule has 0 aliphatic carbocycles. The van der Waals surface area contributed by atoms with Crippen molar-refractivity contribution in [1.29, 1.82) is 0 Å². The minimum absolute atomic E-state index is 0.0229. The summed E-state index contributed by atoms with van der Waals surface area (Å²) in [5.41, 5.74) is 1.65. The van der Waals surface area contributed by atoms with Crippen LogP contribution in [0.5, 0.6) is 0 Å². The summed E-state index contributed by atoms with van der Waals surface area (Å²) in [5.74, 6) is -0.152. The van der Waals surface area contributed by atoms with E-state index in [1.54, 1.807) is 36.0 Å². The summed E-state index contributed by atoms with van der Waals surface area (Å²) in [7, 11) is 0. The van der Waals surface area contributed by atoms with Gasteiger partial charge in [0.05, 0.1) is 11.6 Å². The second kappa shape index (κ2) is 6.85. The zero-order chi connectivity index (χ0) is 15.4. The van der Waals surface area contributed by atoms with Crippen LogP contribution in [0.1, 0.15) is 22.0 Å². The number of halogens is 1. The molecule has 0 saturated heterocycles. The second-order valence-corrected chi connectivity index (χ2v) is 6.36. The molecule has 1 atom stereocenters. The van der Waals surface area contributed by atoms with Crippen molar-refractivity contribution in [1.82, 2.24) is 20.1 Å². The number of nitrogens with one attached hydrogen (secondary N) is 1. The molecule has 1 unspecified atom stereocenters. The summed E-state index contributed by atoms with van der Waals surface area (Å²) in [6.07, 6.45) is 6.83. The molecule has 0 saturated carbocycles. The lowest BCUT2D eigenvalue weighted by Crippen LogP contribution is -2.31. The van der Waals surface area contributed by atoms with Crippen LogP contribution in [0.4, 0.5) is 0 Å². The van der Waals surface area contributed by atoms with Gasteiger partial charge in [-0.3, -0.25) is 14.5 Å². The quantitative estimate of drug-likeness (QED) is 0.743. The summed E-state index contributed by atoms with van der Waals surface area (Å²) in [5, 5.41) is 11.3. The molecule has 3 rings (SSSR count). The molecule has 0 bridgehead atoms. The Morgan fingerprint density at radius 2 is 2.36 bits per heavy atom. The van der Waals surface area contributed by atoms with Crippen molar-refractivity contribution < 1.29 is 4.79 Å². The molecule has 22 heavy (non-hydrogen) atoms. The first-order chi connectivity index (χ1) is 10.7. The summed E-state index contributed by atoms with van der Waals surface area (Å²) < 4.78 is 2.63. The number of hydrogen-bond acceptors (Lipinski definition) is 4. The molecule has 0 aliphatic rings. The van der Waals surface area contributed by atoms with Crippen molar-refractivity contribution in [2.75, 3.05) is 6.54 Å². The van der Waals surface area contributed by atoms with Crippen molar-refractivity contribution in [3.05, 3.63) is 69.3 Å². The topological polar surface area (TPSA) is 59.8 Å². The Hall–Kier alpha value is -1.99. The maximum Gasteiger partial charge on any atom is 0.252 e. The fraction of sp³-hybridized carbons (Fsp3) is 0.133. The molecule has 3 heterocycles. The summed E-state index contributed by atoms with van der Waals surface area (Å²) in [6, 6.07) is 5.64. The smallest absolute Gasteiger partial charge is 0.252 e. The van der Waals surface area contributed by atoms with Gasteiger partial charge in [-0.05, 0) is 50.5 Å². The Labute approximate surface area is 140 Å². The van der Waals surface area contributed by atoms with Gasteiger partial charge >= 0.3 is 0 Å². The van der Waals surface area contributed by atoms with Crippen molar-refractivity contribution in [3.8, 4) is 0 Å². The predicted molar refractivity (Wildman–Crippen MR) is 89.0 cm³/mol. The average molecular weight is 377 g/mol. The second-order valence-electron chi connectivity index (χ2n) is 4.66. The minimum Gasteiger partial charge on any atom is -0.349 e. The number of hydrogen-bond donors (Lipinski definition) is 1. The van der Waals surface area contributed by atoms with E-state index < -0.39 is 0 Å². The van der Waals surface area contributed by atoms with Gasteiger partial charge in [-0.25, -0.2) is 0 Å². The van der Waals surface area contributed by atoms with E-state index in [0.717, 1.165) is 10.0 Å². The number of thiophene rings is 1. The SMILES string of the molecule is O=C(NCC(c1ccsc1)n1cccn1)c1cncc(Br)c1. The number of rotatable bonds is 5. The van der Waals surface area contributed by atoms with E-state index >= 15 is 0 Å². The van der Waals surface area contributed by atoms with Crippen LogP contribution in [-0.4, -0.2) is 27.2 Å². The van der Waals surface area contributed by atoms with E-state index in [4.69, 9.17) is 0 Å². The van der Waals surface area contributed by atoms with Crippen LogP contribution >= 0.6 is 27.3 Å². The third-order valence-corrected chi connectivity index (χ3v) is 4.33. The number of pyridine rings is 1. The first-order valence-corrected chi connectivity index (χ1v) is 8.37. The molecule has 0 spiro atoms. The maximum atomic E-state index is 12.2. The molecule has 7 heteroatoms. The van der Waals surface area contributed by atoms with Gasteiger partial charge in [-0.15, -0.1) is 0 Å². The summed E-state index contributed by atoms with van der Waals surface area (Å²) in [4.78, 5) is 16.3. The van der Waals surface area contributed by atoms with Gasteiger partial charge in [0.15, 0.2) is 0 Å². The first kappa shape index (κ1) is 14.9. The summed E-state index contributed by atoms with van der Waals surface area (Å²) in [6.45, 7) is 0.462. The van der Waals surface area contributed by atoms with E-state index in [1.807, 2.05) is 28.4 Å². The standard InChI is InChI=1S/C15H13BrN4OS/c16-13-6-12(7-17-8-13)15(21)18-9-14(11-2-5-22-10-11)20-4-1-3-19-20/h1-8,10,14H,9H2,(H,18,21). The fourth-order valence-corrected chi connectivity index (χ4v) is 3.19. The van der Waals surface area contributed by atoms with Gasteiger partial charge in [0, 0.05) is 35.8 Å². The van der Waals surface area contributed by atoms with Crippen molar-refractivity contribution in [3.63, 3.8) is 0 Å². The van der Waals surface area contributed by atoms with Gasteiger partial charge in [0.1, 0.15) is 0 Å². The lowest BCUT2D eigenvalue weighted by atomic mass is 10.1. The molecule has 3 aromatic rings. The number of carbonyl (C=O) groups excluding carboxylic acids is 1. The van der Waals surface area contributed by atoms with Crippen molar-refractivity contribution >= 4 is 33.2 Å². The Kier molecular flexibility index (Phi) is 4.65. The van der Waals surface area contributed by atoms with Gasteiger partial charge in [-0.1, -0.05) is 0 Å². The highest BCUT2D eigenvalue weighted by molar-refractivity contribution is 9.10. The highest BCUT2D eigenvalue weighted by atomic mass is 79.9. The van der Waals surface area contributed by atoms with E-state index in [2.05, 4.69) is 36.7 Å². The molecular formula is C15H13BrN4OS. The summed E-state index contributed by atoms with van der Waals surface area (Å²) >= 11 is 4.95. The van der Waals surface area contributed by atoms with E-state index in [9.17, 15) is 4.79 Å². The number of carbonyl (C=O) groups is 1. The van der Waals surface area contributed by atoms with Crippen LogP contribution in [0.15, 0.2) is 58.2 Å². The third-order valence-electron chi connectivity index (χ3n) is 3.20. The zero-order valence-corrected chi connectivity index (χ0v) is 13.9. The fourth-order valence-electron chi connectivity index (χ4n) is 2.12. The van der Waals surface area contributed by atoms with E-state index in [0.29, 0.717) is 12.1 Å². The molecule has 0 aliphatic heterocycles. The predicted octanol–water partition coefficient (Wildman–Crippen LogP) is 3.12. The first-order valence-electron chi connectivity index (χ1n) is 6.64. The normalized spacial score (nSPS) is 12.0. The maximum absolute atomic E-state index is 12.2. The molecule has 5 nitrogen and oxygen atoms in total. The molecule has 0 fully saturated rings. The molecule has 1 amide bonds. The van der Waals surface area contributed by atoms with E-state index in [-0.39, 0.29) is 11.9 Å². The van der Waals surface area contributed by atoms with Crippen LogP contribution in [0, 0.1) is 0 Å². The monoisotopic (exact) mass is 376 g/mol. The van der Waals surface area contributed by atoms with Gasteiger partial charge in [0.2, 0.25) is 0 Å². The Balaban J connectivity index is 1.73. The minimum atomic E-state index is -0.152. The molecule has 3 aromatic heterocycles. The van der Waals surface area contributed by atoms with Gasteiger partial charge in [-0.2, -0.15) is 16.4 Å². The van der Waals surface area contributed by atoms with Crippen molar-refractivity contribution in [2.24, 2.45) is 0 Å². The molecule has 0 aromatic carbocycles. The number of aromatic nitrogens is 3. The van der Waals surface area contributed by atoms with Crippen LogP contribution < -0.4 is 5.32 Å². The van der Waals surface area contributed by atoms with Gasteiger partial charge in [0.25, 0.3) is 5.91 Å². The highest BCUT2D eigenvalue weighted by Crippen LogP contribution is 2.19. The Morgan fingerprint density at radius 1 is 1.45 bits per heavy atom. The van der Waals surface area contributed by atoms with Gasteiger partial charge < -0.3 is 5.32 Å². The highest BCUT2D eigenvalue weighted by Gasteiger charge is 2.16. The van der Waals surface area contributed by atoms with Crippen LogP contribution in [0.3, 0.4) is 0 Å². The van der Waals surface area contributed by atoms with E-state index in [1.165, 1.54) is 0 Å². The van der Waals surface area contributed by atoms with Crippen LogP contribution in [0.2, 0.25) is 0 Å². The Morgan fingerprint density at radius 3 is 3.05 bits per heavy atom. The molecule has 112 valence electrons. The largest absolute Gasteiger partial charge is 0.349 e.